The van der Waals surface area contributed by atoms with Crippen LogP contribution in [-0.2, 0) is 20.1 Å². The Kier molecular flexibility index (Phi) is 583. The van der Waals surface area contributed by atoms with E-state index in [0.29, 0.717) is 0 Å². The molecular weight excluding hydrogens is 296 g/mol. The van der Waals surface area contributed by atoms with Crippen LogP contribution in [0.15, 0.2) is 0 Å². The summed E-state index contributed by atoms with van der Waals surface area (Å²) in [5.74, 6) is 0. The molecule has 0 aliphatic carbocycles. The van der Waals surface area contributed by atoms with Crippen molar-refractivity contribution >= 4 is 0 Å². The van der Waals surface area contributed by atoms with E-state index in [2.05, 4.69) is 0 Å². The summed E-state index contributed by atoms with van der Waals surface area (Å²) in [4.78, 5) is 0. The second kappa shape index (κ2) is 108. The van der Waals surface area contributed by atoms with Gasteiger partial charge in [-0.15, -0.1) is 0 Å². The molecule has 0 aromatic carbocycles. The van der Waals surface area contributed by atoms with Crippen LogP contribution < -0.4 is 0 Å². The molecule has 0 heterocycles. The van der Waals surface area contributed by atoms with Crippen LogP contribution in [0.5, 0.6) is 0 Å². The zero-order valence-corrected chi connectivity index (χ0v) is 6.52. The van der Waals surface area contributed by atoms with E-state index in [0.717, 1.165) is 0 Å². The molecule has 0 aliphatic heterocycles. The van der Waals surface area contributed by atoms with E-state index in [9.17, 15) is 0 Å². The van der Waals surface area contributed by atoms with Crippen molar-refractivity contribution in [2.75, 3.05) is 0 Å². The van der Waals surface area contributed by atoms with Crippen LogP contribution >= 0.6 is 0 Å². The third-order valence-electron chi connectivity index (χ3n) is 0. The van der Waals surface area contributed by atoms with Crippen molar-refractivity contribution in [2.45, 2.75) is 0 Å². The summed E-state index contributed by atoms with van der Waals surface area (Å²) in [6.07, 6.45) is 0. The van der Waals surface area contributed by atoms with Crippen molar-refractivity contribution in [3.63, 3.8) is 0 Å². The molecule has 0 N–H and O–H groups in total. The minimum absolute atomic E-state index is 0. The molecule has 0 saturated heterocycles. The number of hydrogen-bond donors (Lipinski definition) is 0. The third kappa shape index (κ3) is 72.6. The van der Waals surface area contributed by atoms with Gasteiger partial charge in [-0.05, 0) is 0 Å². The second-order valence-electron chi connectivity index (χ2n) is 0. The molecule has 1 radical (unpaired) electrons. The molecule has 0 amide bonds. The topological polar surface area (TPSA) is 95.2 Å². The molecular formula is C4IrN4. The Balaban J connectivity index is -0.00000000762. The first-order valence-electron chi connectivity index (χ1n) is 0.894. The van der Waals surface area contributed by atoms with E-state index < -0.39 is 0 Å². The summed E-state index contributed by atoms with van der Waals surface area (Å²) in [6.45, 7) is 19.0. The summed E-state index contributed by atoms with van der Waals surface area (Å²) in [5.41, 5.74) is 0. The monoisotopic (exact) mass is 297 g/mol. The maximum Gasteiger partial charge on any atom is 4.00 e. The fourth-order valence-electron chi connectivity index (χ4n) is 0. The van der Waals surface area contributed by atoms with Crippen molar-refractivity contribution in [2.24, 2.45) is 0 Å². The zero-order valence-electron chi connectivity index (χ0n) is 4.12. The molecule has 5 heteroatoms. The van der Waals surface area contributed by atoms with Gasteiger partial charge in [-0.3, -0.25) is 0 Å². The van der Waals surface area contributed by atoms with Crippen molar-refractivity contribution in [1.82, 2.24) is 0 Å². The summed E-state index contributed by atoms with van der Waals surface area (Å²) in [6, 6.07) is 0. The molecule has 0 fully saturated rings. The SMILES string of the molecule is [C-]#N.[C-]#N.[C-]#N.[C-]#N.[Ir+4]. The van der Waals surface area contributed by atoms with Crippen LogP contribution in [0.2, 0.25) is 0 Å². The third-order valence-corrected chi connectivity index (χ3v) is 0. The van der Waals surface area contributed by atoms with Gasteiger partial charge >= 0.3 is 20.1 Å². The Morgan fingerprint density at radius 2 is 0.444 bits per heavy atom. The summed E-state index contributed by atoms with van der Waals surface area (Å²) < 4.78 is 0. The molecule has 0 aliphatic rings. The van der Waals surface area contributed by atoms with E-state index in [-0.39, 0.29) is 20.1 Å². The number of rotatable bonds is 0. The number of hydrogen-bond acceptors (Lipinski definition) is 4. The smallest absolute Gasteiger partial charge is 0.512 e. The maximum absolute atomic E-state index is 6.25. The molecule has 0 atom stereocenters. The van der Waals surface area contributed by atoms with Crippen molar-refractivity contribution in [3.8, 4) is 0 Å². The van der Waals surface area contributed by atoms with Gasteiger partial charge in [-0.25, -0.2) is 0 Å². The first kappa shape index (κ1) is 48.8. The molecule has 0 spiro atoms. The largest absolute Gasteiger partial charge is 4.00 e. The van der Waals surface area contributed by atoms with Crippen LogP contribution in [0, 0.1) is 47.3 Å². The van der Waals surface area contributed by atoms with Crippen LogP contribution in [0.25, 0.3) is 0 Å². The van der Waals surface area contributed by atoms with E-state index in [4.69, 9.17) is 47.3 Å². The average Bonchev–Trinajstić information content (AvgIpc) is 2.03. The predicted molar refractivity (Wildman–Crippen MR) is 19.9 cm³/mol. The maximum atomic E-state index is 6.25. The van der Waals surface area contributed by atoms with Gasteiger partial charge in [-0.2, -0.15) is 0 Å². The first-order chi connectivity index (χ1) is 4.00. The van der Waals surface area contributed by atoms with Crippen molar-refractivity contribution in [3.05, 3.63) is 26.3 Å². The van der Waals surface area contributed by atoms with Crippen LogP contribution in [0.1, 0.15) is 0 Å². The van der Waals surface area contributed by atoms with Crippen LogP contribution in [-0.4, -0.2) is 0 Å². The average molecular weight is 296 g/mol. The molecule has 45 valence electrons. The van der Waals surface area contributed by atoms with E-state index in [1.54, 1.807) is 0 Å². The first-order valence-corrected chi connectivity index (χ1v) is 0.894. The van der Waals surface area contributed by atoms with Gasteiger partial charge in [0.1, 0.15) is 0 Å². The predicted octanol–water partition coefficient (Wildman–Crippen LogP) is 0.383. The van der Waals surface area contributed by atoms with Gasteiger partial charge in [0.25, 0.3) is 0 Å². The number of nitrogens with zero attached hydrogens (tertiary/aromatic N) is 4. The van der Waals surface area contributed by atoms with Gasteiger partial charge in [0, 0.05) is 0 Å². The zero-order chi connectivity index (χ0) is 8.00. The van der Waals surface area contributed by atoms with Crippen molar-refractivity contribution < 1.29 is 20.1 Å². The fourth-order valence-corrected chi connectivity index (χ4v) is 0. The standard InChI is InChI=1S/4CN.Ir/c4*1-2;/q4*-1;+4. The van der Waals surface area contributed by atoms with Crippen LogP contribution in [0.4, 0.5) is 0 Å². The summed E-state index contributed by atoms with van der Waals surface area (Å²) in [5, 5.41) is 25.0. The Labute approximate surface area is 67.9 Å². The molecule has 0 bridgehead atoms. The van der Waals surface area contributed by atoms with E-state index in [1.807, 2.05) is 0 Å². The molecule has 9 heavy (non-hydrogen) atoms. The van der Waals surface area contributed by atoms with Crippen LogP contribution in [0.3, 0.4) is 0 Å². The Bertz CT molecular complexity index is 55.5. The molecule has 0 saturated carbocycles. The Morgan fingerprint density at radius 3 is 0.444 bits per heavy atom. The van der Waals surface area contributed by atoms with Gasteiger partial charge in [-0.1, -0.05) is 0 Å². The molecule has 0 rings (SSSR count). The molecule has 0 aromatic heterocycles. The van der Waals surface area contributed by atoms with Gasteiger partial charge in [0.15, 0.2) is 0 Å². The molecule has 4 nitrogen and oxygen atoms in total. The fraction of sp³-hybridized carbons (Fsp3) is 0. The van der Waals surface area contributed by atoms with Gasteiger partial charge in [0.05, 0.1) is 0 Å². The van der Waals surface area contributed by atoms with E-state index in [1.165, 1.54) is 0 Å². The summed E-state index contributed by atoms with van der Waals surface area (Å²) >= 11 is 0. The molecule has 0 unspecified atom stereocenters. The Morgan fingerprint density at radius 1 is 0.444 bits per heavy atom. The summed E-state index contributed by atoms with van der Waals surface area (Å²) in [7, 11) is 0. The second-order valence-corrected chi connectivity index (χ2v) is 0. The minimum Gasteiger partial charge on any atom is -0.512 e. The van der Waals surface area contributed by atoms with Gasteiger partial charge < -0.3 is 47.3 Å². The van der Waals surface area contributed by atoms with E-state index >= 15 is 0 Å². The Hall–Kier alpha value is -1.39. The van der Waals surface area contributed by atoms with Gasteiger partial charge in [0.2, 0.25) is 0 Å². The normalized spacial score (nSPS) is 0.889. The minimum atomic E-state index is 0. The molecule has 0 aromatic rings. The van der Waals surface area contributed by atoms with Crippen molar-refractivity contribution in [1.29, 1.82) is 21.0 Å². The quantitative estimate of drug-likeness (QED) is 0.604.